The van der Waals surface area contributed by atoms with Crippen LogP contribution in [0.1, 0.15) is 37.4 Å². The Bertz CT molecular complexity index is 1170. The number of aromatic amines is 1. The summed E-state index contributed by atoms with van der Waals surface area (Å²) in [5.74, 6) is 0.181. The second-order valence-electron chi connectivity index (χ2n) is 7.94. The van der Waals surface area contributed by atoms with Gasteiger partial charge in [0.1, 0.15) is 17.2 Å². The highest BCUT2D eigenvalue weighted by molar-refractivity contribution is 6.01. The number of halogens is 1. The highest BCUT2D eigenvalue weighted by Crippen LogP contribution is 2.39. The normalized spacial score (nSPS) is 17.3. The zero-order valence-electron chi connectivity index (χ0n) is 16.4. The molecule has 7 heteroatoms. The van der Waals surface area contributed by atoms with Crippen molar-refractivity contribution in [3.8, 4) is 5.75 Å². The predicted molar refractivity (Wildman–Crippen MR) is 110 cm³/mol. The van der Waals surface area contributed by atoms with Crippen LogP contribution in [0.2, 0.25) is 0 Å². The van der Waals surface area contributed by atoms with Gasteiger partial charge in [0.05, 0.1) is 17.2 Å². The summed E-state index contributed by atoms with van der Waals surface area (Å²) in [6.07, 6.45) is 0.499. The highest BCUT2D eigenvalue weighted by atomic mass is 19.1. The topological polar surface area (TPSA) is 83.2 Å². The zero-order chi connectivity index (χ0) is 20.8. The summed E-state index contributed by atoms with van der Waals surface area (Å²) in [7, 11) is 0. The van der Waals surface area contributed by atoms with Gasteiger partial charge in [-0.1, -0.05) is 6.07 Å². The van der Waals surface area contributed by atoms with E-state index < -0.39 is 17.7 Å². The largest absolute Gasteiger partial charge is 0.487 e. The summed E-state index contributed by atoms with van der Waals surface area (Å²) in [4.78, 5) is 27.1. The number of nitrogens with one attached hydrogen (secondary N) is 3. The molecule has 0 saturated heterocycles. The first-order valence-electron chi connectivity index (χ1n) is 9.40. The molecule has 0 unspecified atom stereocenters. The van der Waals surface area contributed by atoms with Gasteiger partial charge in [0.15, 0.2) is 0 Å². The molecule has 1 aliphatic heterocycles. The first-order valence-corrected chi connectivity index (χ1v) is 9.40. The average molecular weight is 395 g/mol. The molecule has 3 N–H and O–H groups in total. The van der Waals surface area contributed by atoms with Crippen molar-refractivity contribution in [1.29, 1.82) is 0 Å². The van der Waals surface area contributed by atoms with E-state index in [9.17, 15) is 14.0 Å². The molecule has 1 aromatic heterocycles. The van der Waals surface area contributed by atoms with E-state index in [-0.39, 0.29) is 11.4 Å². The standard InChI is InChI=1S/C22H22FN3O3/c1-12-4-7-16-14(6-9-19(27)24-16)20(12)26-21(28)25-17-11-22(2,3)29-18-8-5-13(23)10-15(17)18/h4-10,17H,11H2,1-3H3,(H,24,27)(H2,25,26,28)/t17-/m0/s1. The zero-order valence-corrected chi connectivity index (χ0v) is 16.4. The van der Waals surface area contributed by atoms with E-state index in [1.807, 2.05) is 26.8 Å². The fourth-order valence-corrected chi connectivity index (χ4v) is 3.77. The molecule has 1 atom stereocenters. The Morgan fingerprint density at radius 2 is 2.00 bits per heavy atom. The average Bonchev–Trinajstić information content (AvgIpc) is 2.64. The lowest BCUT2D eigenvalue weighted by molar-refractivity contribution is 0.0680. The van der Waals surface area contributed by atoms with Gasteiger partial charge in [0.25, 0.3) is 0 Å². The minimum atomic E-state index is -0.502. The Morgan fingerprint density at radius 3 is 2.79 bits per heavy atom. The van der Waals surface area contributed by atoms with Crippen LogP contribution in [0, 0.1) is 12.7 Å². The summed E-state index contributed by atoms with van der Waals surface area (Å²) >= 11 is 0. The maximum Gasteiger partial charge on any atom is 0.319 e. The molecule has 6 nitrogen and oxygen atoms in total. The van der Waals surface area contributed by atoms with Crippen molar-refractivity contribution in [3.63, 3.8) is 0 Å². The Balaban J connectivity index is 1.63. The van der Waals surface area contributed by atoms with Crippen LogP contribution in [0.4, 0.5) is 14.9 Å². The van der Waals surface area contributed by atoms with Crippen LogP contribution < -0.4 is 20.9 Å². The number of amides is 2. The van der Waals surface area contributed by atoms with Crippen LogP contribution in [-0.4, -0.2) is 16.6 Å². The molecular weight excluding hydrogens is 373 g/mol. The van der Waals surface area contributed by atoms with Crippen molar-refractivity contribution in [2.45, 2.75) is 38.8 Å². The van der Waals surface area contributed by atoms with E-state index in [1.165, 1.54) is 18.2 Å². The third kappa shape index (κ3) is 3.81. The molecule has 0 spiro atoms. The number of urea groups is 1. The second kappa shape index (κ2) is 6.92. The monoisotopic (exact) mass is 395 g/mol. The van der Waals surface area contributed by atoms with Gasteiger partial charge >= 0.3 is 6.03 Å². The molecule has 0 saturated carbocycles. The summed E-state index contributed by atoms with van der Waals surface area (Å²) in [5.41, 5.74) is 2.01. The quantitative estimate of drug-likeness (QED) is 0.601. The number of pyridine rings is 1. The Labute approximate surface area is 167 Å². The molecule has 0 radical (unpaired) electrons. The number of carbonyl (C=O) groups is 1. The van der Waals surface area contributed by atoms with Crippen molar-refractivity contribution in [3.05, 3.63) is 69.8 Å². The third-order valence-corrected chi connectivity index (χ3v) is 5.09. The number of hydrogen-bond acceptors (Lipinski definition) is 3. The van der Waals surface area contributed by atoms with Gasteiger partial charge in [-0.05, 0) is 56.7 Å². The Morgan fingerprint density at radius 1 is 1.21 bits per heavy atom. The summed E-state index contributed by atoms with van der Waals surface area (Å²) in [5, 5.41) is 6.56. The van der Waals surface area contributed by atoms with Crippen LogP contribution in [0.5, 0.6) is 5.75 Å². The third-order valence-electron chi connectivity index (χ3n) is 5.09. The van der Waals surface area contributed by atoms with E-state index in [2.05, 4.69) is 15.6 Å². The molecule has 2 aromatic carbocycles. The lowest BCUT2D eigenvalue weighted by Crippen LogP contribution is -2.42. The fourth-order valence-electron chi connectivity index (χ4n) is 3.77. The van der Waals surface area contributed by atoms with E-state index in [1.54, 1.807) is 18.2 Å². The van der Waals surface area contributed by atoms with Gasteiger partial charge < -0.3 is 20.4 Å². The van der Waals surface area contributed by atoms with Crippen molar-refractivity contribution in [1.82, 2.24) is 10.3 Å². The van der Waals surface area contributed by atoms with Crippen molar-refractivity contribution >= 4 is 22.6 Å². The van der Waals surface area contributed by atoms with E-state index >= 15 is 0 Å². The van der Waals surface area contributed by atoms with Crippen molar-refractivity contribution < 1.29 is 13.9 Å². The van der Waals surface area contributed by atoms with E-state index in [4.69, 9.17) is 4.74 Å². The maximum absolute atomic E-state index is 13.8. The minimum Gasteiger partial charge on any atom is -0.487 e. The maximum atomic E-state index is 13.8. The Hall–Kier alpha value is -3.35. The van der Waals surface area contributed by atoms with Gasteiger partial charge in [-0.25, -0.2) is 9.18 Å². The second-order valence-corrected chi connectivity index (χ2v) is 7.94. The van der Waals surface area contributed by atoms with Crippen LogP contribution in [0.3, 0.4) is 0 Å². The van der Waals surface area contributed by atoms with Crippen LogP contribution in [-0.2, 0) is 0 Å². The number of anilines is 1. The molecule has 2 amide bonds. The fraction of sp³-hybridized carbons (Fsp3) is 0.273. The predicted octanol–water partition coefficient (Wildman–Crippen LogP) is 4.40. The van der Waals surface area contributed by atoms with Gasteiger partial charge in [0, 0.05) is 23.4 Å². The lowest BCUT2D eigenvalue weighted by atomic mass is 9.89. The molecule has 3 aromatic rings. The molecule has 1 aliphatic rings. The van der Waals surface area contributed by atoms with Gasteiger partial charge in [-0.3, -0.25) is 4.79 Å². The number of aromatic nitrogens is 1. The molecule has 150 valence electrons. The van der Waals surface area contributed by atoms with E-state index in [0.717, 1.165) is 10.9 Å². The van der Waals surface area contributed by atoms with E-state index in [0.29, 0.717) is 28.9 Å². The lowest BCUT2D eigenvalue weighted by Gasteiger charge is -2.37. The molecule has 2 heterocycles. The number of ether oxygens (including phenoxy) is 1. The van der Waals surface area contributed by atoms with Crippen molar-refractivity contribution in [2.75, 3.05) is 5.32 Å². The smallest absolute Gasteiger partial charge is 0.319 e. The molecule has 4 rings (SSSR count). The number of fused-ring (bicyclic) bond motifs is 2. The molecule has 29 heavy (non-hydrogen) atoms. The Kier molecular flexibility index (Phi) is 4.53. The molecule has 0 bridgehead atoms. The number of rotatable bonds is 2. The first kappa shape index (κ1) is 19.0. The number of carbonyl (C=O) groups excluding carboxylic acids is 1. The number of benzene rings is 2. The van der Waals surface area contributed by atoms with Crippen LogP contribution in [0.25, 0.3) is 10.9 Å². The molecular formula is C22H22FN3O3. The summed E-state index contributed by atoms with van der Waals surface area (Å²) < 4.78 is 19.7. The summed E-state index contributed by atoms with van der Waals surface area (Å²) in [6, 6.07) is 10.2. The number of hydrogen-bond donors (Lipinski definition) is 3. The minimum absolute atomic E-state index is 0.208. The van der Waals surface area contributed by atoms with Gasteiger partial charge in [-0.2, -0.15) is 0 Å². The number of aryl methyl sites for hydroxylation is 1. The van der Waals surface area contributed by atoms with Crippen molar-refractivity contribution in [2.24, 2.45) is 0 Å². The first-order chi connectivity index (χ1) is 13.7. The van der Waals surface area contributed by atoms with Gasteiger partial charge in [0.2, 0.25) is 5.56 Å². The molecule has 0 aliphatic carbocycles. The SMILES string of the molecule is Cc1ccc2[nH]c(=O)ccc2c1NC(=O)N[C@H]1CC(C)(C)Oc2ccc(F)cc21. The summed E-state index contributed by atoms with van der Waals surface area (Å²) in [6.45, 7) is 5.73. The van der Waals surface area contributed by atoms with Gasteiger partial charge in [-0.15, -0.1) is 0 Å². The highest BCUT2D eigenvalue weighted by Gasteiger charge is 2.35. The van der Waals surface area contributed by atoms with Crippen LogP contribution >= 0.6 is 0 Å². The molecule has 0 fully saturated rings. The number of H-pyrrole nitrogens is 1. The van der Waals surface area contributed by atoms with Crippen LogP contribution in [0.15, 0.2) is 47.3 Å².